The molecule has 3 aromatic carbocycles. The third-order valence-corrected chi connectivity index (χ3v) is 5.76. The second kappa shape index (κ2) is 9.75. The van der Waals surface area contributed by atoms with Crippen LogP contribution in [0.1, 0.15) is 18.4 Å². The molecule has 0 spiro atoms. The fourth-order valence-corrected chi connectivity index (χ4v) is 4.19. The third kappa shape index (κ3) is 5.12. The van der Waals surface area contributed by atoms with Crippen LogP contribution in [-0.2, 0) is 11.3 Å². The van der Waals surface area contributed by atoms with E-state index in [1.165, 1.54) is 11.6 Å². The van der Waals surface area contributed by atoms with Gasteiger partial charge in [-0.05, 0) is 54.8 Å². The maximum atomic E-state index is 13.9. The van der Waals surface area contributed by atoms with E-state index in [4.69, 9.17) is 4.74 Å². The number of halogens is 1. The Hall–Kier alpha value is -3.18. The van der Waals surface area contributed by atoms with Crippen LogP contribution in [0.2, 0.25) is 0 Å². The lowest BCUT2D eigenvalue weighted by molar-refractivity contribution is -0.121. The molecule has 1 unspecified atom stereocenters. The molecule has 160 valence electrons. The Morgan fingerprint density at radius 2 is 1.90 bits per heavy atom. The van der Waals surface area contributed by atoms with Crippen LogP contribution in [0.3, 0.4) is 0 Å². The highest BCUT2D eigenvalue weighted by Gasteiger charge is 2.26. The first-order valence-corrected chi connectivity index (χ1v) is 10.6. The number of para-hydroxylation sites is 2. The van der Waals surface area contributed by atoms with Gasteiger partial charge < -0.3 is 10.1 Å². The second-order valence-corrected chi connectivity index (χ2v) is 7.94. The van der Waals surface area contributed by atoms with E-state index in [1.807, 2.05) is 18.2 Å². The molecule has 1 amide bonds. The predicted molar refractivity (Wildman–Crippen MR) is 121 cm³/mol. The molecule has 31 heavy (non-hydrogen) atoms. The molecule has 0 bridgehead atoms. The molecule has 4 rings (SSSR count). The number of anilines is 1. The lowest BCUT2D eigenvalue weighted by Crippen LogP contribution is -2.40. The molecule has 3 aromatic rings. The zero-order chi connectivity index (χ0) is 21.6. The maximum Gasteiger partial charge on any atom is 0.228 e. The molecule has 1 saturated heterocycles. The maximum absolute atomic E-state index is 13.9. The Labute approximate surface area is 182 Å². The summed E-state index contributed by atoms with van der Waals surface area (Å²) >= 11 is 0. The van der Waals surface area contributed by atoms with E-state index in [1.54, 1.807) is 25.3 Å². The molecule has 4 nitrogen and oxygen atoms in total. The van der Waals surface area contributed by atoms with Crippen molar-refractivity contribution in [2.75, 3.05) is 25.5 Å². The van der Waals surface area contributed by atoms with Crippen LogP contribution in [-0.4, -0.2) is 31.0 Å². The molecule has 0 aliphatic carbocycles. The number of benzene rings is 3. The molecule has 1 aliphatic rings. The Bertz CT molecular complexity index is 1050. The first-order valence-electron chi connectivity index (χ1n) is 10.6. The first-order chi connectivity index (χ1) is 15.1. The van der Waals surface area contributed by atoms with E-state index in [-0.39, 0.29) is 17.5 Å². The molecule has 0 radical (unpaired) electrons. The highest BCUT2D eigenvalue weighted by molar-refractivity contribution is 5.92. The Morgan fingerprint density at radius 3 is 2.74 bits per heavy atom. The smallest absolute Gasteiger partial charge is 0.228 e. The number of methoxy groups -OCH3 is 1. The van der Waals surface area contributed by atoms with Crippen LogP contribution in [0, 0.1) is 11.7 Å². The lowest BCUT2D eigenvalue weighted by atomic mass is 9.96. The van der Waals surface area contributed by atoms with Gasteiger partial charge in [-0.3, -0.25) is 9.69 Å². The fourth-order valence-electron chi connectivity index (χ4n) is 4.19. The highest BCUT2D eigenvalue weighted by atomic mass is 19.1. The summed E-state index contributed by atoms with van der Waals surface area (Å²) in [4.78, 5) is 15.0. The number of carbonyl (C=O) groups excluding carboxylic acids is 1. The zero-order valence-corrected chi connectivity index (χ0v) is 17.7. The predicted octanol–water partition coefficient (Wildman–Crippen LogP) is 5.35. The molecular formula is C26H27FN2O2. The average Bonchev–Trinajstić information content (AvgIpc) is 2.81. The van der Waals surface area contributed by atoms with Gasteiger partial charge in [-0.1, -0.05) is 48.5 Å². The van der Waals surface area contributed by atoms with Crippen LogP contribution >= 0.6 is 0 Å². The Morgan fingerprint density at radius 1 is 1.10 bits per heavy atom. The van der Waals surface area contributed by atoms with E-state index in [0.29, 0.717) is 6.54 Å². The summed E-state index contributed by atoms with van der Waals surface area (Å²) < 4.78 is 19.4. The molecule has 0 aromatic heterocycles. The topological polar surface area (TPSA) is 41.6 Å². The summed E-state index contributed by atoms with van der Waals surface area (Å²) in [6.45, 7) is 2.38. The van der Waals surface area contributed by atoms with Gasteiger partial charge in [-0.15, -0.1) is 0 Å². The number of amides is 1. The summed E-state index contributed by atoms with van der Waals surface area (Å²) in [6, 6.07) is 22.7. The number of hydrogen-bond donors (Lipinski definition) is 1. The van der Waals surface area contributed by atoms with Crippen molar-refractivity contribution >= 4 is 11.6 Å². The number of rotatable bonds is 6. The van der Waals surface area contributed by atoms with Crippen molar-refractivity contribution in [1.29, 1.82) is 0 Å². The summed E-state index contributed by atoms with van der Waals surface area (Å²) in [6.07, 6.45) is 1.76. The minimum Gasteiger partial charge on any atom is -0.496 e. The first kappa shape index (κ1) is 21.1. The van der Waals surface area contributed by atoms with Gasteiger partial charge in [0.05, 0.1) is 18.7 Å². The van der Waals surface area contributed by atoms with Crippen LogP contribution in [0.15, 0.2) is 72.8 Å². The van der Waals surface area contributed by atoms with Crippen molar-refractivity contribution < 1.29 is 13.9 Å². The van der Waals surface area contributed by atoms with E-state index in [0.717, 1.165) is 42.8 Å². The van der Waals surface area contributed by atoms with Crippen molar-refractivity contribution in [3.05, 3.63) is 84.2 Å². The largest absolute Gasteiger partial charge is 0.496 e. The molecule has 1 heterocycles. The van der Waals surface area contributed by atoms with E-state index in [2.05, 4.69) is 40.5 Å². The van der Waals surface area contributed by atoms with Gasteiger partial charge in [0.1, 0.15) is 11.6 Å². The van der Waals surface area contributed by atoms with Crippen LogP contribution < -0.4 is 10.1 Å². The van der Waals surface area contributed by atoms with Crippen molar-refractivity contribution in [3.8, 4) is 16.9 Å². The molecule has 0 saturated carbocycles. The van der Waals surface area contributed by atoms with Gasteiger partial charge in [0.2, 0.25) is 5.91 Å². The monoisotopic (exact) mass is 418 g/mol. The second-order valence-electron chi connectivity index (χ2n) is 7.94. The van der Waals surface area contributed by atoms with E-state index >= 15 is 0 Å². The summed E-state index contributed by atoms with van der Waals surface area (Å²) in [5.41, 5.74) is 3.61. The SMILES string of the molecule is COc1ccccc1-c1cccc(CN2CCCC(C(=O)Nc3ccccc3F)C2)c1. The fraction of sp³-hybridized carbons (Fsp3) is 0.269. The van der Waals surface area contributed by atoms with Crippen LogP contribution in [0.4, 0.5) is 10.1 Å². The van der Waals surface area contributed by atoms with Crippen molar-refractivity contribution in [3.63, 3.8) is 0 Å². The van der Waals surface area contributed by atoms with Gasteiger partial charge in [0, 0.05) is 18.7 Å². The van der Waals surface area contributed by atoms with Gasteiger partial charge in [-0.25, -0.2) is 4.39 Å². The molecule has 1 aliphatic heterocycles. The number of nitrogens with zero attached hydrogens (tertiary/aromatic N) is 1. The average molecular weight is 419 g/mol. The summed E-state index contributed by atoms with van der Waals surface area (Å²) in [5.74, 6) is 0.183. The summed E-state index contributed by atoms with van der Waals surface area (Å²) in [5, 5.41) is 2.75. The normalized spacial score (nSPS) is 16.6. The van der Waals surface area contributed by atoms with E-state index in [9.17, 15) is 9.18 Å². The number of ether oxygens (including phenoxy) is 1. The minimum absolute atomic E-state index is 0.113. The number of carbonyl (C=O) groups is 1. The standard InChI is InChI=1S/C26H27FN2O2/c1-31-25-14-5-2-11-22(25)20-9-6-8-19(16-20)17-29-15-7-10-21(18-29)26(30)28-24-13-4-3-12-23(24)27/h2-6,8-9,11-14,16,21H,7,10,15,17-18H2,1H3,(H,28,30). The molecule has 1 atom stereocenters. The van der Waals surface area contributed by atoms with Crippen molar-refractivity contribution in [1.82, 2.24) is 4.90 Å². The van der Waals surface area contributed by atoms with Gasteiger partial charge >= 0.3 is 0 Å². The zero-order valence-electron chi connectivity index (χ0n) is 17.7. The number of hydrogen-bond acceptors (Lipinski definition) is 3. The van der Waals surface area contributed by atoms with Crippen molar-refractivity contribution in [2.24, 2.45) is 5.92 Å². The third-order valence-electron chi connectivity index (χ3n) is 5.76. The molecule has 5 heteroatoms. The van der Waals surface area contributed by atoms with Crippen LogP contribution in [0.5, 0.6) is 5.75 Å². The number of nitrogens with one attached hydrogen (secondary N) is 1. The number of piperidine rings is 1. The quantitative estimate of drug-likeness (QED) is 0.587. The lowest BCUT2D eigenvalue weighted by Gasteiger charge is -2.32. The molecular weight excluding hydrogens is 391 g/mol. The summed E-state index contributed by atoms with van der Waals surface area (Å²) in [7, 11) is 1.68. The minimum atomic E-state index is -0.406. The van der Waals surface area contributed by atoms with Crippen LogP contribution in [0.25, 0.3) is 11.1 Å². The van der Waals surface area contributed by atoms with Crippen molar-refractivity contribution in [2.45, 2.75) is 19.4 Å². The van der Waals surface area contributed by atoms with Gasteiger partial charge in [-0.2, -0.15) is 0 Å². The Kier molecular flexibility index (Phi) is 6.63. The molecule has 1 N–H and O–H groups in total. The van der Waals surface area contributed by atoms with Gasteiger partial charge in [0.25, 0.3) is 0 Å². The van der Waals surface area contributed by atoms with Gasteiger partial charge in [0.15, 0.2) is 0 Å². The Balaban J connectivity index is 1.43. The van der Waals surface area contributed by atoms with E-state index < -0.39 is 5.82 Å². The number of likely N-dealkylation sites (tertiary alicyclic amines) is 1. The highest BCUT2D eigenvalue weighted by Crippen LogP contribution is 2.30. The molecule has 1 fully saturated rings.